The van der Waals surface area contributed by atoms with Crippen LogP contribution in [0.1, 0.15) is 29.6 Å². The molecule has 92 valence electrons. The van der Waals surface area contributed by atoms with Crippen molar-refractivity contribution in [2.45, 2.75) is 25.4 Å². The average Bonchev–Trinajstić information content (AvgIpc) is 2.22. The zero-order valence-corrected chi connectivity index (χ0v) is 10.3. The number of anilines is 2. The van der Waals surface area contributed by atoms with Crippen LogP contribution in [0.3, 0.4) is 0 Å². The summed E-state index contributed by atoms with van der Waals surface area (Å²) in [6.07, 6.45) is 3.20. The molecule has 0 heterocycles. The van der Waals surface area contributed by atoms with E-state index in [4.69, 9.17) is 10.5 Å². The monoisotopic (exact) mass is 234 g/mol. The largest absolute Gasteiger partial charge is 0.459 e. The molecule has 4 heteroatoms. The second-order valence-electron chi connectivity index (χ2n) is 4.63. The molecule has 2 N–H and O–H groups in total. The van der Waals surface area contributed by atoms with Crippen molar-refractivity contribution in [2.75, 3.05) is 24.7 Å². The number of hydrogen-bond donors (Lipinski definition) is 1. The van der Waals surface area contributed by atoms with Crippen LogP contribution in [0.2, 0.25) is 0 Å². The Hall–Kier alpha value is -1.71. The van der Waals surface area contributed by atoms with E-state index in [1.54, 1.807) is 12.1 Å². The molecule has 1 saturated carbocycles. The quantitative estimate of drug-likeness (QED) is 0.642. The molecule has 0 unspecified atom stereocenters. The third kappa shape index (κ3) is 2.52. The summed E-state index contributed by atoms with van der Waals surface area (Å²) in [5.74, 6) is -0.272. The number of ether oxygens (including phenoxy) is 1. The zero-order chi connectivity index (χ0) is 12.4. The minimum atomic E-state index is -0.272. The van der Waals surface area contributed by atoms with Crippen LogP contribution < -0.4 is 10.6 Å². The van der Waals surface area contributed by atoms with Gasteiger partial charge in [0.25, 0.3) is 0 Å². The van der Waals surface area contributed by atoms with Crippen molar-refractivity contribution < 1.29 is 9.53 Å². The molecule has 0 spiro atoms. The summed E-state index contributed by atoms with van der Waals surface area (Å²) < 4.78 is 5.40. The van der Waals surface area contributed by atoms with Crippen molar-refractivity contribution in [3.8, 4) is 0 Å². The Kier molecular flexibility index (Phi) is 3.22. The molecule has 4 nitrogen and oxygen atoms in total. The molecule has 1 aliphatic rings. The van der Waals surface area contributed by atoms with E-state index in [0.717, 1.165) is 24.9 Å². The topological polar surface area (TPSA) is 55.6 Å². The van der Waals surface area contributed by atoms with Gasteiger partial charge in [-0.25, -0.2) is 4.79 Å². The minimum Gasteiger partial charge on any atom is -0.459 e. The minimum absolute atomic E-state index is 0.0962. The van der Waals surface area contributed by atoms with E-state index in [9.17, 15) is 4.79 Å². The van der Waals surface area contributed by atoms with Gasteiger partial charge in [-0.2, -0.15) is 0 Å². The van der Waals surface area contributed by atoms with Crippen LogP contribution in [0, 0.1) is 0 Å². The molecule has 0 atom stereocenters. The van der Waals surface area contributed by atoms with Gasteiger partial charge in [0.15, 0.2) is 0 Å². The zero-order valence-electron chi connectivity index (χ0n) is 10.3. The maximum Gasteiger partial charge on any atom is 0.340 e. The molecular formula is C13H18N2O2. The predicted molar refractivity (Wildman–Crippen MR) is 68.2 cm³/mol. The fourth-order valence-electron chi connectivity index (χ4n) is 1.81. The van der Waals surface area contributed by atoms with Gasteiger partial charge in [-0.3, -0.25) is 0 Å². The maximum absolute atomic E-state index is 12.0. The van der Waals surface area contributed by atoms with Crippen molar-refractivity contribution in [2.24, 2.45) is 0 Å². The number of hydrogen-bond acceptors (Lipinski definition) is 4. The van der Waals surface area contributed by atoms with Crippen molar-refractivity contribution in [1.82, 2.24) is 0 Å². The summed E-state index contributed by atoms with van der Waals surface area (Å²) in [4.78, 5) is 13.9. The summed E-state index contributed by atoms with van der Waals surface area (Å²) in [6, 6.07) is 5.30. The van der Waals surface area contributed by atoms with E-state index in [1.165, 1.54) is 0 Å². The molecule has 1 aromatic rings. The van der Waals surface area contributed by atoms with Crippen molar-refractivity contribution in [1.29, 1.82) is 0 Å². The van der Waals surface area contributed by atoms with Crippen LogP contribution in [0.4, 0.5) is 11.4 Å². The number of esters is 1. The first kappa shape index (κ1) is 11.8. The number of carbonyl (C=O) groups excluding carboxylic acids is 1. The van der Waals surface area contributed by atoms with Gasteiger partial charge in [-0.1, -0.05) is 0 Å². The van der Waals surface area contributed by atoms with Crippen LogP contribution in [-0.4, -0.2) is 26.2 Å². The summed E-state index contributed by atoms with van der Waals surface area (Å²) in [7, 11) is 3.79. The highest BCUT2D eigenvalue weighted by Gasteiger charge is 2.24. The van der Waals surface area contributed by atoms with Crippen LogP contribution >= 0.6 is 0 Å². The summed E-state index contributed by atoms with van der Waals surface area (Å²) in [5, 5.41) is 0. The molecule has 17 heavy (non-hydrogen) atoms. The van der Waals surface area contributed by atoms with Gasteiger partial charge >= 0.3 is 5.97 Å². The van der Waals surface area contributed by atoms with Crippen molar-refractivity contribution >= 4 is 17.3 Å². The number of rotatable bonds is 3. The lowest BCUT2D eigenvalue weighted by Crippen LogP contribution is -2.26. The lowest BCUT2D eigenvalue weighted by Gasteiger charge is -2.26. The van der Waals surface area contributed by atoms with Crippen molar-refractivity contribution in [3.63, 3.8) is 0 Å². The lowest BCUT2D eigenvalue weighted by molar-refractivity contribution is 0.00909. The van der Waals surface area contributed by atoms with Crippen LogP contribution in [0.5, 0.6) is 0 Å². The lowest BCUT2D eigenvalue weighted by atomic mass is 9.96. The first-order valence-electron chi connectivity index (χ1n) is 5.86. The number of nitrogens with two attached hydrogens (primary N) is 1. The van der Waals surface area contributed by atoms with Gasteiger partial charge in [-0.05, 0) is 37.5 Å². The fraction of sp³-hybridized carbons (Fsp3) is 0.462. The van der Waals surface area contributed by atoms with E-state index in [-0.39, 0.29) is 12.1 Å². The number of nitrogens with zero attached hydrogens (tertiary/aromatic N) is 1. The summed E-state index contributed by atoms with van der Waals surface area (Å²) >= 11 is 0. The van der Waals surface area contributed by atoms with Gasteiger partial charge in [0.2, 0.25) is 0 Å². The Balaban J connectivity index is 2.22. The van der Waals surface area contributed by atoms with E-state index < -0.39 is 0 Å². The molecule has 1 aliphatic carbocycles. The molecular weight excluding hydrogens is 216 g/mol. The van der Waals surface area contributed by atoms with E-state index >= 15 is 0 Å². The second kappa shape index (κ2) is 4.65. The Bertz CT molecular complexity index is 425. The average molecular weight is 234 g/mol. The first-order chi connectivity index (χ1) is 8.08. The molecule has 0 saturated heterocycles. The molecule has 0 bridgehead atoms. The third-order valence-electron chi connectivity index (χ3n) is 3.05. The highest BCUT2D eigenvalue weighted by Crippen LogP contribution is 2.27. The maximum atomic E-state index is 12.0. The van der Waals surface area contributed by atoms with Gasteiger partial charge in [0.05, 0.1) is 11.3 Å². The molecule has 0 radical (unpaired) electrons. The molecule has 1 aromatic carbocycles. The van der Waals surface area contributed by atoms with Crippen LogP contribution in [-0.2, 0) is 4.74 Å². The van der Waals surface area contributed by atoms with Gasteiger partial charge in [-0.15, -0.1) is 0 Å². The predicted octanol–water partition coefficient (Wildman–Crippen LogP) is 2.04. The van der Waals surface area contributed by atoms with Gasteiger partial charge in [0, 0.05) is 19.8 Å². The second-order valence-corrected chi connectivity index (χ2v) is 4.63. The number of carbonyl (C=O) groups is 1. The van der Waals surface area contributed by atoms with E-state index in [1.807, 2.05) is 25.1 Å². The standard InChI is InChI=1S/C13H18N2O2/c1-15(2)12-7-6-9(14)8-11(12)13(16)17-10-4-3-5-10/h6-8,10H,3-5,14H2,1-2H3. The SMILES string of the molecule is CN(C)c1ccc(N)cc1C(=O)OC1CCC1. The molecule has 2 rings (SSSR count). The Labute approximate surface area is 101 Å². The van der Waals surface area contributed by atoms with Crippen LogP contribution in [0.15, 0.2) is 18.2 Å². The summed E-state index contributed by atoms with van der Waals surface area (Å²) in [5.41, 5.74) is 7.68. The summed E-state index contributed by atoms with van der Waals surface area (Å²) in [6.45, 7) is 0. The highest BCUT2D eigenvalue weighted by atomic mass is 16.5. The molecule has 0 amide bonds. The van der Waals surface area contributed by atoms with E-state index in [2.05, 4.69) is 0 Å². The molecule has 0 aromatic heterocycles. The highest BCUT2D eigenvalue weighted by molar-refractivity contribution is 5.97. The van der Waals surface area contributed by atoms with Gasteiger partial charge in [0.1, 0.15) is 6.10 Å². The Morgan fingerprint density at radius 1 is 1.41 bits per heavy atom. The van der Waals surface area contributed by atoms with Crippen molar-refractivity contribution in [3.05, 3.63) is 23.8 Å². The molecule has 0 aliphatic heterocycles. The number of benzene rings is 1. The Morgan fingerprint density at radius 2 is 2.12 bits per heavy atom. The third-order valence-corrected chi connectivity index (χ3v) is 3.05. The normalized spacial score (nSPS) is 15.2. The van der Waals surface area contributed by atoms with E-state index in [0.29, 0.717) is 11.3 Å². The number of nitrogen functional groups attached to an aromatic ring is 1. The molecule has 1 fully saturated rings. The van der Waals surface area contributed by atoms with Crippen LogP contribution in [0.25, 0.3) is 0 Å². The fourth-order valence-corrected chi connectivity index (χ4v) is 1.81. The Morgan fingerprint density at radius 3 is 2.65 bits per heavy atom. The van der Waals surface area contributed by atoms with Gasteiger partial charge < -0.3 is 15.4 Å². The smallest absolute Gasteiger partial charge is 0.340 e. The first-order valence-corrected chi connectivity index (χ1v) is 5.86.